The summed E-state index contributed by atoms with van der Waals surface area (Å²) in [5.41, 5.74) is -0.442. The number of rotatable bonds is 3. The van der Waals surface area contributed by atoms with Gasteiger partial charge in [-0.25, -0.2) is 0 Å². The van der Waals surface area contributed by atoms with Gasteiger partial charge >= 0.3 is 0 Å². The third-order valence-electron chi connectivity index (χ3n) is 4.33. The van der Waals surface area contributed by atoms with Crippen LogP contribution in [0, 0.1) is 40.9 Å². The van der Waals surface area contributed by atoms with E-state index in [1.165, 1.54) is 12.8 Å². The number of hydrogen-bond donors (Lipinski definition) is 0. The van der Waals surface area contributed by atoms with Crippen molar-refractivity contribution in [2.45, 2.75) is 50.9 Å². The molecule has 3 aliphatic rings. The Balaban J connectivity index is 1.56. The minimum Gasteiger partial charge on any atom is -0.369 e. The average Bonchev–Trinajstić information content (AvgIpc) is 2.94. The summed E-state index contributed by atoms with van der Waals surface area (Å²) in [5, 5.41) is 8.49. The Labute approximate surface area is 108 Å². The van der Waals surface area contributed by atoms with Gasteiger partial charge in [0, 0.05) is 11.8 Å². The van der Waals surface area contributed by atoms with Crippen LogP contribution in [0.4, 0.5) is 0 Å². The molecule has 96 valence electrons. The lowest BCUT2D eigenvalue weighted by atomic mass is 9.89. The van der Waals surface area contributed by atoms with E-state index in [1.54, 1.807) is 0 Å². The molecule has 0 amide bonds. The number of nitrogens with zero attached hydrogens (tertiary/aromatic N) is 1. The summed E-state index contributed by atoms with van der Waals surface area (Å²) in [4.78, 5) is 0. The molecule has 1 heterocycles. The van der Waals surface area contributed by atoms with Gasteiger partial charge in [-0.05, 0) is 32.6 Å². The summed E-state index contributed by atoms with van der Waals surface area (Å²) in [6.45, 7) is 4.41. The van der Waals surface area contributed by atoms with Crippen LogP contribution in [0.5, 0.6) is 0 Å². The minimum atomic E-state index is -0.442. The largest absolute Gasteiger partial charge is 0.369 e. The molecule has 5 unspecified atom stereocenters. The fourth-order valence-corrected chi connectivity index (χ4v) is 3.42. The molecule has 1 aliphatic heterocycles. The highest BCUT2D eigenvalue weighted by atomic mass is 16.6. The third kappa shape index (κ3) is 2.14. The van der Waals surface area contributed by atoms with Crippen LogP contribution in [0.3, 0.4) is 0 Å². The molecular formula is C15H19NO2. The highest BCUT2D eigenvalue weighted by Crippen LogP contribution is 2.58. The summed E-state index contributed by atoms with van der Waals surface area (Å²) in [5.74, 6) is 8.58. The maximum absolute atomic E-state index is 8.49. The first-order chi connectivity index (χ1) is 8.61. The predicted octanol–water partition coefficient (Wildman–Crippen LogP) is 2.12. The van der Waals surface area contributed by atoms with Crippen LogP contribution in [-0.2, 0) is 9.47 Å². The fourth-order valence-electron chi connectivity index (χ4n) is 3.42. The first kappa shape index (κ1) is 12.0. The summed E-state index contributed by atoms with van der Waals surface area (Å²) in [7, 11) is 0. The van der Waals surface area contributed by atoms with E-state index in [4.69, 9.17) is 14.7 Å². The molecule has 1 saturated heterocycles. The molecule has 2 saturated carbocycles. The lowest BCUT2D eigenvalue weighted by Crippen LogP contribution is -2.24. The van der Waals surface area contributed by atoms with Gasteiger partial charge in [-0.15, -0.1) is 0 Å². The molecule has 0 aromatic heterocycles. The van der Waals surface area contributed by atoms with Crippen molar-refractivity contribution in [3.63, 3.8) is 0 Å². The van der Waals surface area contributed by atoms with Crippen molar-refractivity contribution in [3.05, 3.63) is 0 Å². The standard InChI is InChI=1S/C15H19NO2/c1-15(2,17-7-3-6-16)5-4-10-8-11-9-12(10)14-13(11)18-14/h10-14H,3,7-9H2,1-2H3. The second kappa shape index (κ2) is 4.26. The molecule has 0 aromatic carbocycles. The number of fused-ring (bicyclic) bond motifs is 5. The van der Waals surface area contributed by atoms with Crippen molar-refractivity contribution in [3.8, 4) is 17.9 Å². The maximum atomic E-state index is 8.49. The van der Waals surface area contributed by atoms with Crippen LogP contribution >= 0.6 is 0 Å². The maximum Gasteiger partial charge on any atom is 0.123 e. The molecule has 3 nitrogen and oxygen atoms in total. The monoisotopic (exact) mass is 245 g/mol. The van der Waals surface area contributed by atoms with E-state index in [1.807, 2.05) is 13.8 Å². The van der Waals surface area contributed by atoms with Gasteiger partial charge in [0.15, 0.2) is 0 Å². The molecule has 0 N–H and O–H groups in total. The molecule has 2 bridgehead atoms. The zero-order valence-corrected chi connectivity index (χ0v) is 11.0. The van der Waals surface area contributed by atoms with Crippen molar-refractivity contribution in [2.24, 2.45) is 17.8 Å². The molecule has 18 heavy (non-hydrogen) atoms. The fraction of sp³-hybridized carbons (Fsp3) is 0.800. The highest BCUT2D eigenvalue weighted by Gasteiger charge is 2.62. The van der Waals surface area contributed by atoms with E-state index in [9.17, 15) is 0 Å². The van der Waals surface area contributed by atoms with Crippen LogP contribution in [0.25, 0.3) is 0 Å². The summed E-state index contributed by atoms with van der Waals surface area (Å²) in [6, 6.07) is 2.08. The van der Waals surface area contributed by atoms with Crippen molar-refractivity contribution < 1.29 is 9.47 Å². The van der Waals surface area contributed by atoms with E-state index in [2.05, 4.69) is 17.9 Å². The Morgan fingerprint density at radius 2 is 2.17 bits per heavy atom. The van der Waals surface area contributed by atoms with Crippen molar-refractivity contribution in [1.82, 2.24) is 0 Å². The van der Waals surface area contributed by atoms with E-state index < -0.39 is 5.60 Å². The Morgan fingerprint density at radius 1 is 1.33 bits per heavy atom. The van der Waals surface area contributed by atoms with E-state index in [-0.39, 0.29) is 0 Å². The van der Waals surface area contributed by atoms with Gasteiger partial charge in [0.2, 0.25) is 0 Å². The van der Waals surface area contributed by atoms with Crippen molar-refractivity contribution in [2.75, 3.05) is 6.61 Å². The first-order valence-electron chi connectivity index (χ1n) is 6.80. The lowest BCUT2D eigenvalue weighted by molar-refractivity contribution is 0.0305. The van der Waals surface area contributed by atoms with Crippen LogP contribution in [0.1, 0.15) is 33.1 Å². The number of ether oxygens (including phenoxy) is 2. The molecule has 2 aliphatic carbocycles. The van der Waals surface area contributed by atoms with Crippen LogP contribution in [-0.4, -0.2) is 24.4 Å². The average molecular weight is 245 g/mol. The lowest BCUT2D eigenvalue weighted by Gasteiger charge is -2.19. The normalized spacial score (nSPS) is 39.7. The second-order valence-electron chi connectivity index (χ2n) is 6.10. The SMILES string of the molecule is CC(C)(C#CC1CC2CC1C1OC21)OCCC#N. The van der Waals surface area contributed by atoms with Gasteiger partial charge in [0.05, 0.1) is 31.3 Å². The summed E-state index contributed by atoms with van der Waals surface area (Å²) in [6.07, 6.45) is 4.03. The third-order valence-corrected chi connectivity index (χ3v) is 4.33. The number of nitriles is 1. The minimum absolute atomic E-state index is 0.427. The zero-order chi connectivity index (χ0) is 12.8. The van der Waals surface area contributed by atoms with Crippen molar-refractivity contribution in [1.29, 1.82) is 5.26 Å². The van der Waals surface area contributed by atoms with E-state index in [0.717, 1.165) is 5.92 Å². The number of epoxide rings is 1. The van der Waals surface area contributed by atoms with E-state index >= 15 is 0 Å². The van der Waals surface area contributed by atoms with Crippen LogP contribution in [0.15, 0.2) is 0 Å². The predicted molar refractivity (Wildman–Crippen MR) is 66.4 cm³/mol. The Bertz CT molecular complexity index is 440. The molecule has 3 fully saturated rings. The highest BCUT2D eigenvalue weighted by molar-refractivity contribution is 5.22. The molecule has 3 heteroatoms. The molecule has 5 atom stereocenters. The Morgan fingerprint density at radius 3 is 2.83 bits per heavy atom. The molecule has 0 spiro atoms. The Kier molecular flexibility index (Phi) is 2.85. The van der Waals surface area contributed by atoms with Gasteiger partial charge in [0.1, 0.15) is 5.60 Å². The van der Waals surface area contributed by atoms with Gasteiger partial charge < -0.3 is 9.47 Å². The molecule has 0 aromatic rings. The summed E-state index contributed by atoms with van der Waals surface area (Å²) >= 11 is 0. The van der Waals surface area contributed by atoms with E-state index in [0.29, 0.717) is 37.1 Å². The zero-order valence-electron chi connectivity index (χ0n) is 11.0. The van der Waals surface area contributed by atoms with Gasteiger partial charge in [-0.2, -0.15) is 5.26 Å². The second-order valence-corrected chi connectivity index (χ2v) is 6.10. The van der Waals surface area contributed by atoms with Crippen LogP contribution < -0.4 is 0 Å². The first-order valence-corrected chi connectivity index (χ1v) is 6.80. The smallest absolute Gasteiger partial charge is 0.123 e. The van der Waals surface area contributed by atoms with Crippen LogP contribution in [0.2, 0.25) is 0 Å². The molecule has 0 radical (unpaired) electrons. The molecular weight excluding hydrogens is 226 g/mol. The van der Waals surface area contributed by atoms with Crippen molar-refractivity contribution >= 4 is 0 Å². The quantitative estimate of drug-likeness (QED) is 0.434. The topological polar surface area (TPSA) is 45.5 Å². The number of hydrogen-bond acceptors (Lipinski definition) is 3. The Hall–Kier alpha value is -1.03. The van der Waals surface area contributed by atoms with Gasteiger partial charge in [0.25, 0.3) is 0 Å². The summed E-state index contributed by atoms with van der Waals surface area (Å²) < 4.78 is 11.3. The van der Waals surface area contributed by atoms with Gasteiger partial charge in [-0.1, -0.05) is 11.8 Å². The van der Waals surface area contributed by atoms with Gasteiger partial charge in [-0.3, -0.25) is 0 Å². The molecule has 3 rings (SSSR count).